The van der Waals surface area contributed by atoms with Crippen LogP contribution < -0.4 is 0 Å². The number of carbonyl (C=O) groups is 1. The summed E-state index contributed by atoms with van der Waals surface area (Å²) in [6.45, 7) is 6.23. The first-order chi connectivity index (χ1) is 14.1. The second-order valence-electron chi connectivity index (χ2n) is 7.34. The molecule has 0 aliphatic carbocycles. The van der Waals surface area contributed by atoms with Gasteiger partial charge in [0.2, 0.25) is 0 Å². The predicted molar refractivity (Wildman–Crippen MR) is 124 cm³/mol. The highest BCUT2D eigenvalue weighted by atomic mass is 32.2. The monoisotopic (exact) mass is 400 g/mol. The number of benzene rings is 3. The number of amides is 1. The maximum absolute atomic E-state index is 13.3. The molecule has 3 aromatic carbocycles. The number of aryl methyl sites for hydroxylation is 1. The number of fused-ring (bicyclic) bond motifs is 1. The first kappa shape index (κ1) is 19.5. The molecule has 1 fully saturated rings. The summed E-state index contributed by atoms with van der Waals surface area (Å²) < 4.78 is 0. The average Bonchev–Trinajstić information content (AvgIpc) is 3.04. The van der Waals surface area contributed by atoms with Crippen molar-refractivity contribution in [2.24, 2.45) is 4.99 Å². The zero-order valence-corrected chi connectivity index (χ0v) is 17.7. The normalized spacial score (nSPS) is 18.2. The summed E-state index contributed by atoms with van der Waals surface area (Å²) in [7, 11) is 0. The Balaban J connectivity index is 1.76. The fourth-order valence-electron chi connectivity index (χ4n) is 3.38. The number of amidine groups is 1. The number of carbonyl (C=O) groups excluding carboxylic acids is 1. The number of aliphatic imine (C=N–C) groups is 1. The van der Waals surface area contributed by atoms with Crippen LogP contribution in [0.1, 0.15) is 31.4 Å². The van der Waals surface area contributed by atoms with Gasteiger partial charge < -0.3 is 0 Å². The van der Waals surface area contributed by atoms with Crippen LogP contribution in [0.5, 0.6) is 0 Å². The summed E-state index contributed by atoms with van der Waals surface area (Å²) in [5, 5.41) is 3.07. The summed E-state index contributed by atoms with van der Waals surface area (Å²) in [5.41, 5.74) is 3.12. The zero-order chi connectivity index (χ0) is 20.4. The summed E-state index contributed by atoms with van der Waals surface area (Å²) in [6, 6.07) is 22.6. The smallest absolute Gasteiger partial charge is 0.266 e. The van der Waals surface area contributed by atoms with Gasteiger partial charge in [-0.15, -0.1) is 0 Å². The molecule has 1 atom stereocenters. The van der Waals surface area contributed by atoms with Crippen LogP contribution in [0.15, 0.2) is 76.6 Å². The molecule has 0 bridgehead atoms. The third-order valence-electron chi connectivity index (χ3n) is 5.24. The van der Waals surface area contributed by atoms with Gasteiger partial charge in [0.05, 0.1) is 10.6 Å². The van der Waals surface area contributed by atoms with Crippen molar-refractivity contribution in [3.8, 4) is 0 Å². The molecule has 0 spiro atoms. The Bertz CT molecular complexity index is 1110. The fourth-order valence-corrected chi connectivity index (χ4v) is 4.46. The number of hydrogen-bond acceptors (Lipinski definition) is 3. The van der Waals surface area contributed by atoms with Gasteiger partial charge in [-0.1, -0.05) is 67.1 Å². The van der Waals surface area contributed by atoms with Gasteiger partial charge in [-0.2, -0.15) is 0 Å². The Morgan fingerprint density at radius 1 is 1.03 bits per heavy atom. The summed E-state index contributed by atoms with van der Waals surface area (Å²) in [6.07, 6.45) is 2.88. The van der Waals surface area contributed by atoms with E-state index in [2.05, 4.69) is 45.0 Å². The van der Waals surface area contributed by atoms with Crippen LogP contribution >= 0.6 is 11.8 Å². The maximum Gasteiger partial charge on any atom is 0.266 e. The highest BCUT2D eigenvalue weighted by Gasteiger charge is 2.36. The van der Waals surface area contributed by atoms with Crippen molar-refractivity contribution < 1.29 is 4.79 Å². The molecule has 0 N–H and O–H groups in total. The Morgan fingerprint density at radius 3 is 2.52 bits per heavy atom. The van der Waals surface area contributed by atoms with E-state index in [-0.39, 0.29) is 11.9 Å². The Kier molecular flexibility index (Phi) is 5.54. The van der Waals surface area contributed by atoms with Crippen LogP contribution in [0, 0.1) is 6.92 Å². The second-order valence-corrected chi connectivity index (χ2v) is 8.35. The van der Waals surface area contributed by atoms with Crippen LogP contribution in [0.4, 0.5) is 5.69 Å². The van der Waals surface area contributed by atoms with Crippen LogP contribution in [0.3, 0.4) is 0 Å². The highest BCUT2D eigenvalue weighted by Crippen LogP contribution is 2.36. The van der Waals surface area contributed by atoms with E-state index in [9.17, 15) is 4.79 Å². The zero-order valence-electron chi connectivity index (χ0n) is 16.9. The van der Waals surface area contributed by atoms with Gasteiger partial charge in [-0.05, 0) is 66.6 Å². The first-order valence-corrected chi connectivity index (χ1v) is 10.7. The standard InChI is InChI=1S/C25H24N2OS/c1-4-18(3)27-24(28)23(29-25(27)26-21-14-12-17(2)13-15-21)16-20-10-7-9-19-8-5-6-11-22(19)20/h5-16,18H,4H2,1-3H3/b23-16+,26-25?/t18-/m0/s1. The quantitative estimate of drug-likeness (QED) is 0.465. The minimum absolute atomic E-state index is 0.0307. The van der Waals surface area contributed by atoms with E-state index in [1.807, 2.05) is 53.4 Å². The third-order valence-corrected chi connectivity index (χ3v) is 6.22. The topological polar surface area (TPSA) is 32.7 Å². The summed E-state index contributed by atoms with van der Waals surface area (Å²) in [4.78, 5) is 20.6. The Labute approximate surface area is 176 Å². The van der Waals surface area contributed by atoms with Crippen molar-refractivity contribution >= 4 is 45.4 Å². The lowest BCUT2D eigenvalue weighted by Crippen LogP contribution is -2.36. The average molecular weight is 401 g/mol. The SMILES string of the molecule is CC[C@H](C)N1C(=O)/C(=C\c2cccc3ccccc23)SC1=Nc1ccc(C)cc1. The van der Waals surface area contributed by atoms with E-state index in [1.54, 1.807) is 0 Å². The van der Waals surface area contributed by atoms with Gasteiger partial charge in [0.25, 0.3) is 5.91 Å². The number of thioether (sulfide) groups is 1. The number of nitrogens with zero attached hydrogens (tertiary/aromatic N) is 2. The Morgan fingerprint density at radius 2 is 1.76 bits per heavy atom. The predicted octanol–water partition coefficient (Wildman–Crippen LogP) is 6.55. The molecule has 3 aromatic rings. The lowest BCUT2D eigenvalue weighted by molar-refractivity contribution is -0.123. The van der Waals surface area contributed by atoms with Crippen molar-refractivity contribution in [2.45, 2.75) is 33.2 Å². The van der Waals surface area contributed by atoms with Gasteiger partial charge in [0, 0.05) is 6.04 Å². The number of rotatable bonds is 4. The summed E-state index contributed by atoms with van der Waals surface area (Å²) in [5.74, 6) is 0.0307. The number of hydrogen-bond donors (Lipinski definition) is 0. The molecule has 29 heavy (non-hydrogen) atoms. The molecule has 1 amide bonds. The minimum Gasteiger partial charge on any atom is -0.284 e. The molecule has 3 nitrogen and oxygen atoms in total. The molecule has 1 aliphatic heterocycles. The summed E-state index contributed by atoms with van der Waals surface area (Å²) >= 11 is 1.46. The minimum atomic E-state index is 0.0307. The molecule has 1 aliphatic rings. The van der Waals surface area contributed by atoms with Gasteiger partial charge >= 0.3 is 0 Å². The van der Waals surface area contributed by atoms with Crippen molar-refractivity contribution in [2.75, 3.05) is 0 Å². The third kappa shape index (κ3) is 3.99. The highest BCUT2D eigenvalue weighted by molar-refractivity contribution is 8.18. The van der Waals surface area contributed by atoms with E-state index >= 15 is 0 Å². The largest absolute Gasteiger partial charge is 0.284 e. The molecule has 146 valence electrons. The van der Waals surface area contributed by atoms with E-state index in [0.717, 1.165) is 28.2 Å². The molecular formula is C25H24N2OS. The van der Waals surface area contributed by atoms with Crippen molar-refractivity contribution in [3.05, 3.63) is 82.8 Å². The van der Waals surface area contributed by atoms with Gasteiger partial charge in [-0.25, -0.2) is 4.99 Å². The van der Waals surface area contributed by atoms with E-state index in [4.69, 9.17) is 4.99 Å². The Hall–Kier alpha value is -2.85. The van der Waals surface area contributed by atoms with Crippen LogP contribution in [0.25, 0.3) is 16.8 Å². The molecular weight excluding hydrogens is 376 g/mol. The van der Waals surface area contributed by atoms with E-state index in [1.165, 1.54) is 22.7 Å². The van der Waals surface area contributed by atoms with Crippen molar-refractivity contribution in [3.63, 3.8) is 0 Å². The lowest BCUT2D eigenvalue weighted by atomic mass is 10.0. The van der Waals surface area contributed by atoms with Crippen molar-refractivity contribution in [1.29, 1.82) is 0 Å². The molecule has 0 unspecified atom stereocenters. The lowest BCUT2D eigenvalue weighted by Gasteiger charge is -2.22. The molecule has 1 heterocycles. The fraction of sp³-hybridized carbons (Fsp3) is 0.200. The molecule has 4 rings (SSSR count). The van der Waals surface area contributed by atoms with Crippen molar-refractivity contribution in [1.82, 2.24) is 4.90 Å². The van der Waals surface area contributed by atoms with Gasteiger partial charge in [-0.3, -0.25) is 9.69 Å². The molecule has 4 heteroatoms. The van der Waals surface area contributed by atoms with Crippen LogP contribution in [-0.2, 0) is 4.79 Å². The molecule has 0 aromatic heterocycles. The second kappa shape index (κ2) is 8.26. The molecule has 0 saturated carbocycles. The van der Waals surface area contributed by atoms with Gasteiger partial charge in [0.15, 0.2) is 5.17 Å². The van der Waals surface area contributed by atoms with Gasteiger partial charge in [0.1, 0.15) is 0 Å². The maximum atomic E-state index is 13.3. The van der Waals surface area contributed by atoms with Crippen LogP contribution in [-0.4, -0.2) is 22.0 Å². The molecule has 0 radical (unpaired) electrons. The van der Waals surface area contributed by atoms with E-state index < -0.39 is 0 Å². The molecule has 1 saturated heterocycles. The van der Waals surface area contributed by atoms with E-state index in [0.29, 0.717) is 4.91 Å². The first-order valence-electron chi connectivity index (χ1n) is 9.93. The van der Waals surface area contributed by atoms with Crippen LogP contribution in [0.2, 0.25) is 0 Å².